The normalized spacial score (nSPS) is 15.7. The summed E-state index contributed by atoms with van der Waals surface area (Å²) < 4.78 is 9.59. The number of hydrogen-bond donors (Lipinski definition) is 0. The molecule has 0 aromatic rings. The van der Waals surface area contributed by atoms with Crippen LogP contribution in [0.2, 0.25) is 0 Å². The molecule has 1 aliphatic heterocycles. The molecule has 1 fully saturated rings. The lowest BCUT2D eigenvalue weighted by atomic mass is 10.4. The van der Waals surface area contributed by atoms with Gasteiger partial charge >= 0.3 is 5.97 Å². The molecule has 0 radical (unpaired) electrons. The average molecular weight is 231 g/mol. The van der Waals surface area contributed by atoms with E-state index in [9.17, 15) is 14.4 Å². The van der Waals surface area contributed by atoms with Gasteiger partial charge in [0, 0.05) is 19.4 Å². The second-order valence-electron chi connectivity index (χ2n) is 3.00. The maximum Gasteiger partial charge on any atom is 0.358 e. The zero-order chi connectivity index (χ0) is 12.0. The minimum absolute atomic E-state index is 0.0342. The van der Waals surface area contributed by atoms with Crippen LogP contribution in [0.1, 0.15) is 19.8 Å². The topological polar surface area (TPSA) is 82.1 Å². The highest BCUT2D eigenvalue weighted by atomic mass is 16.7. The van der Waals surface area contributed by atoms with Crippen LogP contribution in [0.25, 0.3) is 0 Å². The van der Waals surface area contributed by atoms with E-state index in [1.165, 1.54) is 0 Å². The standard InChI is InChI=1S/C9H13NO6/c1-2-14-6-15-5-9(13)16-10-7(11)3-4-8(10)12/h2-6H2,1H3. The number of rotatable bonds is 6. The smallest absolute Gasteiger partial charge is 0.356 e. The molecule has 0 unspecified atom stereocenters. The number of ether oxygens (including phenoxy) is 2. The third-order valence-electron chi connectivity index (χ3n) is 1.79. The maximum atomic E-state index is 11.1. The summed E-state index contributed by atoms with van der Waals surface area (Å²) in [6.45, 7) is 1.85. The van der Waals surface area contributed by atoms with E-state index in [2.05, 4.69) is 4.84 Å². The third kappa shape index (κ3) is 3.59. The zero-order valence-corrected chi connectivity index (χ0v) is 8.93. The van der Waals surface area contributed by atoms with Crippen LogP contribution in [0, 0.1) is 0 Å². The summed E-state index contributed by atoms with van der Waals surface area (Å²) in [5.74, 6) is -1.82. The van der Waals surface area contributed by atoms with Gasteiger partial charge in [-0.2, -0.15) is 0 Å². The van der Waals surface area contributed by atoms with E-state index in [0.29, 0.717) is 11.7 Å². The van der Waals surface area contributed by atoms with Crippen LogP contribution in [0.3, 0.4) is 0 Å². The van der Waals surface area contributed by atoms with Gasteiger partial charge in [0.15, 0.2) is 0 Å². The number of hydrogen-bond acceptors (Lipinski definition) is 6. The van der Waals surface area contributed by atoms with E-state index in [1.807, 2.05) is 0 Å². The quantitative estimate of drug-likeness (QED) is 0.351. The second kappa shape index (κ2) is 6.19. The first kappa shape index (κ1) is 12.6. The number of amides is 2. The fourth-order valence-corrected chi connectivity index (χ4v) is 1.05. The van der Waals surface area contributed by atoms with Crippen molar-refractivity contribution in [2.24, 2.45) is 0 Å². The lowest BCUT2D eigenvalue weighted by Crippen LogP contribution is -2.33. The number of imide groups is 1. The van der Waals surface area contributed by atoms with Gasteiger partial charge in [-0.25, -0.2) is 4.79 Å². The Morgan fingerprint density at radius 2 is 1.88 bits per heavy atom. The van der Waals surface area contributed by atoms with Crippen LogP contribution in [-0.4, -0.2) is 42.9 Å². The lowest BCUT2D eigenvalue weighted by Gasteiger charge is -2.12. The highest BCUT2D eigenvalue weighted by Gasteiger charge is 2.32. The van der Waals surface area contributed by atoms with Crippen molar-refractivity contribution >= 4 is 17.8 Å². The summed E-state index contributed by atoms with van der Waals surface area (Å²) in [5, 5.41) is 0.479. The summed E-state index contributed by atoms with van der Waals surface area (Å²) in [6.07, 6.45) is 0.151. The Morgan fingerprint density at radius 1 is 1.25 bits per heavy atom. The van der Waals surface area contributed by atoms with Crippen LogP contribution in [-0.2, 0) is 28.7 Å². The predicted molar refractivity (Wildman–Crippen MR) is 49.6 cm³/mol. The zero-order valence-electron chi connectivity index (χ0n) is 8.93. The fraction of sp³-hybridized carbons (Fsp3) is 0.667. The van der Waals surface area contributed by atoms with Gasteiger partial charge in [-0.05, 0) is 6.92 Å². The van der Waals surface area contributed by atoms with Gasteiger partial charge in [0.1, 0.15) is 13.4 Å². The monoisotopic (exact) mass is 231 g/mol. The Labute approximate surface area is 92.2 Å². The molecule has 1 rings (SSSR count). The molecule has 0 spiro atoms. The largest absolute Gasteiger partial charge is 0.358 e. The molecule has 7 nitrogen and oxygen atoms in total. The van der Waals surface area contributed by atoms with E-state index in [0.717, 1.165) is 0 Å². The maximum absolute atomic E-state index is 11.1. The third-order valence-corrected chi connectivity index (χ3v) is 1.79. The van der Waals surface area contributed by atoms with Crippen molar-refractivity contribution in [3.8, 4) is 0 Å². The first-order chi connectivity index (χ1) is 7.65. The summed E-state index contributed by atoms with van der Waals surface area (Å²) in [5.41, 5.74) is 0. The van der Waals surface area contributed by atoms with Crippen molar-refractivity contribution in [3.63, 3.8) is 0 Å². The highest BCUT2D eigenvalue weighted by molar-refractivity contribution is 6.01. The van der Waals surface area contributed by atoms with Crippen LogP contribution in [0.15, 0.2) is 0 Å². The molecule has 16 heavy (non-hydrogen) atoms. The van der Waals surface area contributed by atoms with Crippen LogP contribution in [0.4, 0.5) is 0 Å². The molecule has 7 heteroatoms. The molecule has 0 aromatic carbocycles. The Hall–Kier alpha value is -1.47. The summed E-state index contributed by atoms with van der Waals surface area (Å²) in [4.78, 5) is 37.8. The Bertz CT molecular complexity index is 274. The van der Waals surface area contributed by atoms with Gasteiger partial charge in [-0.3, -0.25) is 9.59 Å². The summed E-state index contributed by atoms with van der Waals surface area (Å²) in [6, 6.07) is 0. The molecular formula is C9H13NO6. The Morgan fingerprint density at radius 3 is 2.44 bits per heavy atom. The summed E-state index contributed by atoms with van der Waals surface area (Å²) >= 11 is 0. The number of hydroxylamine groups is 2. The van der Waals surface area contributed by atoms with Gasteiger partial charge in [-0.1, -0.05) is 0 Å². The minimum Gasteiger partial charge on any atom is -0.356 e. The van der Waals surface area contributed by atoms with E-state index >= 15 is 0 Å². The molecule has 90 valence electrons. The minimum atomic E-state index is -0.802. The predicted octanol–water partition coefficient (Wildman–Crippen LogP) is -0.396. The van der Waals surface area contributed by atoms with Crippen LogP contribution >= 0.6 is 0 Å². The number of carbonyl (C=O) groups is 3. The van der Waals surface area contributed by atoms with Crippen molar-refractivity contribution in [2.45, 2.75) is 19.8 Å². The fourth-order valence-electron chi connectivity index (χ4n) is 1.05. The molecule has 0 aliphatic carbocycles. The molecule has 1 saturated heterocycles. The molecule has 0 bridgehead atoms. The van der Waals surface area contributed by atoms with Crippen molar-refractivity contribution in [3.05, 3.63) is 0 Å². The van der Waals surface area contributed by atoms with E-state index in [1.54, 1.807) is 6.92 Å². The number of carbonyl (C=O) groups excluding carboxylic acids is 3. The van der Waals surface area contributed by atoms with E-state index in [4.69, 9.17) is 9.47 Å². The van der Waals surface area contributed by atoms with Crippen molar-refractivity contribution in [1.29, 1.82) is 0 Å². The van der Waals surface area contributed by atoms with Crippen molar-refractivity contribution in [2.75, 3.05) is 20.0 Å². The lowest BCUT2D eigenvalue weighted by molar-refractivity contribution is -0.202. The average Bonchev–Trinajstić information content (AvgIpc) is 2.56. The molecule has 0 atom stereocenters. The molecule has 2 amide bonds. The Balaban J connectivity index is 2.23. The molecule has 0 saturated carbocycles. The van der Waals surface area contributed by atoms with Gasteiger partial charge in [0.05, 0.1) is 0 Å². The van der Waals surface area contributed by atoms with Crippen molar-refractivity contribution in [1.82, 2.24) is 5.06 Å². The van der Waals surface area contributed by atoms with E-state index < -0.39 is 17.8 Å². The summed E-state index contributed by atoms with van der Waals surface area (Å²) in [7, 11) is 0. The van der Waals surface area contributed by atoms with E-state index in [-0.39, 0.29) is 26.2 Å². The molecular weight excluding hydrogens is 218 g/mol. The first-order valence-electron chi connectivity index (χ1n) is 4.87. The highest BCUT2D eigenvalue weighted by Crippen LogP contribution is 2.11. The molecule has 1 aliphatic rings. The van der Waals surface area contributed by atoms with Crippen LogP contribution in [0.5, 0.6) is 0 Å². The molecule has 0 aromatic heterocycles. The van der Waals surface area contributed by atoms with Crippen molar-refractivity contribution < 1.29 is 28.7 Å². The van der Waals surface area contributed by atoms with Gasteiger partial charge in [-0.15, -0.1) is 5.06 Å². The second-order valence-corrected chi connectivity index (χ2v) is 3.00. The molecule has 1 heterocycles. The first-order valence-corrected chi connectivity index (χ1v) is 4.87. The SMILES string of the molecule is CCOCOCC(=O)ON1C(=O)CCC1=O. The van der Waals surface area contributed by atoms with Crippen LogP contribution < -0.4 is 0 Å². The molecule has 0 N–H and O–H groups in total. The van der Waals surface area contributed by atoms with Gasteiger partial charge in [0.2, 0.25) is 0 Å². The Kier molecular flexibility index (Phi) is 4.87. The van der Waals surface area contributed by atoms with Gasteiger partial charge in [0.25, 0.3) is 11.8 Å². The number of nitrogens with zero attached hydrogens (tertiary/aromatic N) is 1. The van der Waals surface area contributed by atoms with Gasteiger partial charge < -0.3 is 14.3 Å².